The van der Waals surface area contributed by atoms with Gasteiger partial charge in [-0.1, -0.05) is 16.0 Å². The molecule has 2 aromatic rings. The van der Waals surface area contributed by atoms with Crippen molar-refractivity contribution in [3.63, 3.8) is 0 Å². The van der Waals surface area contributed by atoms with Gasteiger partial charge in [0.05, 0.1) is 0 Å². The van der Waals surface area contributed by atoms with Crippen LogP contribution in [0, 0.1) is 16.0 Å². The van der Waals surface area contributed by atoms with Crippen molar-refractivity contribution in [3.8, 4) is 0 Å². The summed E-state index contributed by atoms with van der Waals surface area (Å²) in [7, 11) is 0. The van der Waals surface area contributed by atoms with E-state index in [0.29, 0.717) is 17.4 Å². The molecule has 0 saturated heterocycles. The van der Waals surface area contributed by atoms with E-state index in [0.717, 1.165) is 25.7 Å². The van der Waals surface area contributed by atoms with Crippen molar-refractivity contribution in [1.29, 1.82) is 0 Å². The molecule has 1 aliphatic rings. The van der Waals surface area contributed by atoms with Crippen molar-refractivity contribution in [1.82, 2.24) is 14.6 Å². The number of rotatable bonds is 5. The molecule has 0 amide bonds. The van der Waals surface area contributed by atoms with Crippen molar-refractivity contribution in [2.45, 2.75) is 31.7 Å². The number of nitro groups is 1. The molecular formula is C13H17N5O3. The van der Waals surface area contributed by atoms with Gasteiger partial charge in [-0.3, -0.25) is 0 Å². The zero-order chi connectivity index (χ0) is 14.8. The van der Waals surface area contributed by atoms with Gasteiger partial charge in [0.1, 0.15) is 6.20 Å². The molecule has 2 N–H and O–H groups in total. The van der Waals surface area contributed by atoms with Crippen molar-refractivity contribution in [2.75, 3.05) is 11.9 Å². The molecule has 0 bridgehead atoms. The third-order valence-corrected chi connectivity index (χ3v) is 4.02. The smallest absolute Gasteiger partial charge is 0.368 e. The first-order chi connectivity index (χ1) is 10.2. The Morgan fingerprint density at radius 3 is 3.10 bits per heavy atom. The maximum atomic E-state index is 10.9. The SMILES string of the molecule is O=[N+]([O-])c1cnc2ccc(NC3CCCC3CCO)nn12. The fourth-order valence-corrected chi connectivity index (χ4v) is 2.99. The van der Waals surface area contributed by atoms with Crippen LogP contribution in [0.25, 0.3) is 5.65 Å². The lowest BCUT2D eigenvalue weighted by Gasteiger charge is -2.20. The number of aromatic nitrogens is 3. The molecule has 1 aliphatic carbocycles. The van der Waals surface area contributed by atoms with Gasteiger partial charge in [0.25, 0.3) is 0 Å². The van der Waals surface area contributed by atoms with E-state index in [-0.39, 0.29) is 18.5 Å². The monoisotopic (exact) mass is 291 g/mol. The number of anilines is 1. The molecule has 0 radical (unpaired) electrons. The second-order valence-electron chi connectivity index (χ2n) is 5.32. The number of nitrogens with one attached hydrogen (secondary N) is 1. The van der Waals surface area contributed by atoms with Gasteiger partial charge in [0.15, 0.2) is 5.82 Å². The zero-order valence-electron chi connectivity index (χ0n) is 11.5. The summed E-state index contributed by atoms with van der Waals surface area (Å²) >= 11 is 0. The van der Waals surface area contributed by atoms with Gasteiger partial charge < -0.3 is 20.5 Å². The third-order valence-electron chi connectivity index (χ3n) is 4.02. The van der Waals surface area contributed by atoms with E-state index in [4.69, 9.17) is 5.11 Å². The Balaban J connectivity index is 1.84. The molecule has 2 heterocycles. The van der Waals surface area contributed by atoms with Gasteiger partial charge in [0, 0.05) is 18.7 Å². The summed E-state index contributed by atoms with van der Waals surface area (Å²) in [6, 6.07) is 3.74. The summed E-state index contributed by atoms with van der Waals surface area (Å²) in [6.07, 6.45) is 5.21. The first-order valence-electron chi connectivity index (χ1n) is 7.05. The average molecular weight is 291 g/mol. The minimum absolute atomic E-state index is 0.146. The van der Waals surface area contributed by atoms with Crippen LogP contribution in [0.1, 0.15) is 25.7 Å². The van der Waals surface area contributed by atoms with Gasteiger partial charge in [-0.2, -0.15) is 0 Å². The number of aliphatic hydroxyl groups excluding tert-OH is 1. The minimum atomic E-state index is -0.499. The molecule has 2 unspecified atom stereocenters. The molecule has 2 atom stereocenters. The molecule has 8 heteroatoms. The van der Waals surface area contributed by atoms with Crippen molar-refractivity contribution in [2.24, 2.45) is 5.92 Å². The highest BCUT2D eigenvalue weighted by Crippen LogP contribution is 2.30. The Labute approximate surface area is 121 Å². The molecule has 0 spiro atoms. The molecule has 8 nitrogen and oxygen atoms in total. The van der Waals surface area contributed by atoms with Crippen LogP contribution < -0.4 is 5.32 Å². The standard InChI is InChI=1S/C13H17N5O3/c19-7-6-9-2-1-3-10(9)15-11-4-5-12-14-8-13(18(20)21)17(12)16-11/h4-5,8-10,19H,1-3,6-7H2,(H,15,16). The van der Waals surface area contributed by atoms with E-state index in [2.05, 4.69) is 15.4 Å². The van der Waals surface area contributed by atoms with Gasteiger partial charge in [-0.25, -0.2) is 4.98 Å². The summed E-state index contributed by atoms with van der Waals surface area (Å²) in [5, 5.41) is 27.6. The zero-order valence-corrected chi connectivity index (χ0v) is 11.5. The second kappa shape index (κ2) is 5.65. The predicted octanol–water partition coefficient (Wildman–Crippen LogP) is 1.60. The molecule has 0 aliphatic heterocycles. The Hall–Kier alpha value is -2.22. The molecule has 1 saturated carbocycles. The van der Waals surface area contributed by atoms with Gasteiger partial charge in [-0.15, -0.1) is 0 Å². The number of nitrogens with zero attached hydrogens (tertiary/aromatic N) is 4. The van der Waals surface area contributed by atoms with E-state index < -0.39 is 4.92 Å². The number of hydrogen-bond donors (Lipinski definition) is 2. The van der Waals surface area contributed by atoms with E-state index >= 15 is 0 Å². The van der Waals surface area contributed by atoms with E-state index in [1.165, 1.54) is 10.7 Å². The topological polar surface area (TPSA) is 106 Å². The van der Waals surface area contributed by atoms with Crippen LogP contribution >= 0.6 is 0 Å². The van der Waals surface area contributed by atoms with E-state index in [1.807, 2.05) is 0 Å². The second-order valence-corrected chi connectivity index (χ2v) is 5.32. The molecule has 21 heavy (non-hydrogen) atoms. The summed E-state index contributed by atoms with van der Waals surface area (Å²) < 4.78 is 1.23. The lowest BCUT2D eigenvalue weighted by atomic mass is 10.0. The van der Waals surface area contributed by atoms with Crippen LogP contribution in [-0.4, -0.2) is 37.3 Å². The van der Waals surface area contributed by atoms with Crippen LogP contribution in [0.15, 0.2) is 18.3 Å². The summed E-state index contributed by atoms with van der Waals surface area (Å²) in [5.74, 6) is 0.871. The maximum Gasteiger partial charge on any atom is 0.368 e. The summed E-state index contributed by atoms with van der Waals surface area (Å²) in [6.45, 7) is 0.183. The molecule has 0 aromatic carbocycles. The van der Waals surface area contributed by atoms with Crippen molar-refractivity contribution in [3.05, 3.63) is 28.4 Å². The minimum Gasteiger partial charge on any atom is -0.396 e. The highest BCUT2D eigenvalue weighted by molar-refractivity contribution is 5.48. The van der Waals surface area contributed by atoms with Crippen LogP contribution in [0.3, 0.4) is 0 Å². The molecular weight excluding hydrogens is 274 g/mol. The molecule has 2 aromatic heterocycles. The summed E-state index contributed by atoms with van der Waals surface area (Å²) in [4.78, 5) is 14.4. The Bertz CT molecular complexity index is 656. The summed E-state index contributed by atoms with van der Waals surface area (Å²) in [5.41, 5.74) is 0.450. The fraction of sp³-hybridized carbons (Fsp3) is 0.538. The highest BCUT2D eigenvalue weighted by Gasteiger charge is 2.27. The highest BCUT2D eigenvalue weighted by atomic mass is 16.6. The Kier molecular flexibility index (Phi) is 3.70. The Morgan fingerprint density at radius 1 is 1.48 bits per heavy atom. The van der Waals surface area contributed by atoms with Crippen molar-refractivity contribution < 1.29 is 10.0 Å². The van der Waals surface area contributed by atoms with Crippen LogP contribution in [0.2, 0.25) is 0 Å². The lowest BCUT2D eigenvalue weighted by molar-refractivity contribution is -0.391. The van der Waals surface area contributed by atoms with Crippen LogP contribution in [-0.2, 0) is 0 Å². The first kappa shape index (κ1) is 13.7. The number of aliphatic hydroxyl groups is 1. The lowest BCUT2D eigenvalue weighted by Crippen LogP contribution is -2.25. The Morgan fingerprint density at radius 2 is 2.33 bits per heavy atom. The van der Waals surface area contributed by atoms with E-state index in [9.17, 15) is 10.1 Å². The normalized spacial score (nSPS) is 21.8. The largest absolute Gasteiger partial charge is 0.396 e. The fourth-order valence-electron chi connectivity index (χ4n) is 2.99. The molecule has 3 rings (SSSR count). The maximum absolute atomic E-state index is 10.9. The van der Waals surface area contributed by atoms with Crippen molar-refractivity contribution >= 4 is 17.3 Å². The van der Waals surface area contributed by atoms with Crippen LogP contribution in [0.5, 0.6) is 0 Å². The van der Waals surface area contributed by atoms with Gasteiger partial charge in [0.2, 0.25) is 5.65 Å². The first-order valence-corrected chi connectivity index (χ1v) is 7.05. The van der Waals surface area contributed by atoms with Crippen LogP contribution in [0.4, 0.5) is 11.6 Å². The average Bonchev–Trinajstić information content (AvgIpc) is 3.06. The van der Waals surface area contributed by atoms with Gasteiger partial charge in [-0.05, 0) is 36.2 Å². The quantitative estimate of drug-likeness (QED) is 0.640. The number of hydrogen-bond acceptors (Lipinski definition) is 6. The third kappa shape index (κ3) is 2.66. The molecule has 112 valence electrons. The predicted molar refractivity (Wildman–Crippen MR) is 76.1 cm³/mol. The van der Waals surface area contributed by atoms with Gasteiger partial charge >= 0.3 is 5.82 Å². The van der Waals surface area contributed by atoms with E-state index in [1.54, 1.807) is 12.1 Å². The number of imidazole rings is 1. The number of fused-ring (bicyclic) bond motifs is 1. The molecule has 1 fully saturated rings.